The molecule has 0 N–H and O–H groups in total. The van der Waals surface area contributed by atoms with Crippen molar-refractivity contribution < 1.29 is 0 Å². The zero-order valence-corrected chi connectivity index (χ0v) is 15.4. The van der Waals surface area contributed by atoms with Crippen molar-refractivity contribution in [2.24, 2.45) is 0 Å². The van der Waals surface area contributed by atoms with Gasteiger partial charge >= 0.3 is 0 Å². The van der Waals surface area contributed by atoms with Crippen LogP contribution in [0.25, 0.3) is 21.8 Å². The summed E-state index contributed by atoms with van der Waals surface area (Å²) in [6.45, 7) is 2.74. The predicted octanol–water partition coefficient (Wildman–Crippen LogP) is 4.65. The second-order valence-corrected chi connectivity index (χ2v) is 7.09. The molecule has 0 radical (unpaired) electrons. The minimum Gasteiger partial charge on any atom is -0.287 e. The highest BCUT2D eigenvalue weighted by molar-refractivity contribution is 7.98. The molecule has 2 heterocycles. The fourth-order valence-corrected chi connectivity index (χ4v) is 3.94. The molecule has 4 nitrogen and oxygen atoms in total. The number of hydrogen-bond donors (Lipinski definition) is 0. The maximum Gasteiger partial charge on any atom is 0.262 e. The number of hydrogen-bond acceptors (Lipinski definition) is 4. The van der Waals surface area contributed by atoms with Gasteiger partial charge in [-0.15, -0.1) is 0 Å². The van der Waals surface area contributed by atoms with Crippen LogP contribution < -0.4 is 5.56 Å². The lowest BCUT2D eigenvalue weighted by atomic mass is 10.2. The normalized spacial score (nSPS) is 11.3. The Labute approximate surface area is 155 Å². The molecule has 0 aliphatic carbocycles. The van der Waals surface area contributed by atoms with Gasteiger partial charge < -0.3 is 0 Å². The first-order chi connectivity index (χ1) is 12.8. The van der Waals surface area contributed by atoms with Gasteiger partial charge in [-0.05, 0) is 30.7 Å². The summed E-state index contributed by atoms with van der Waals surface area (Å²) in [7, 11) is 0. The molecule has 5 heteroatoms. The van der Waals surface area contributed by atoms with Crippen LogP contribution in [0.4, 0.5) is 0 Å². The van der Waals surface area contributed by atoms with E-state index in [4.69, 9.17) is 9.97 Å². The van der Waals surface area contributed by atoms with Crippen LogP contribution in [-0.4, -0.2) is 14.5 Å². The largest absolute Gasteiger partial charge is 0.287 e. The topological polar surface area (TPSA) is 47.8 Å². The molecule has 0 amide bonds. The van der Waals surface area contributed by atoms with Gasteiger partial charge in [0, 0.05) is 17.7 Å². The molecule has 0 aliphatic heterocycles. The van der Waals surface area contributed by atoms with Crippen LogP contribution in [0.3, 0.4) is 0 Å². The van der Waals surface area contributed by atoms with E-state index in [1.807, 2.05) is 48.5 Å². The van der Waals surface area contributed by atoms with Crippen molar-refractivity contribution >= 4 is 33.6 Å². The van der Waals surface area contributed by atoms with Crippen LogP contribution in [-0.2, 0) is 12.3 Å². The Bertz CT molecular complexity index is 1140. The van der Waals surface area contributed by atoms with Crippen LogP contribution in [0.2, 0.25) is 0 Å². The smallest absolute Gasteiger partial charge is 0.262 e. The minimum absolute atomic E-state index is 0.0337. The first-order valence-corrected chi connectivity index (χ1v) is 9.72. The number of nitrogens with zero attached hydrogens (tertiary/aromatic N) is 3. The molecule has 0 saturated heterocycles. The van der Waals surface area contributed by atoms with Crippen LogP contribution in [0.1, 0.15) is 19.0 Å². The number of fused-ring (bicyclic) bond motifs is 2. The lowest BCUT2D eigenvalue weighted by Crippen LogP contribution is -2.23. The van der Waals surface area contributed by atoms with Crippen molar-refractivity contribution in [3.05, 3.63) is 76.7 Å². The summed E-state index contributed by atoms with van der Waals surface area (Å²) in [6, 6.07) is 19.8. The Balaban J connectivity index is 1.69. The minimum atomic E-state index is 0.0337. The van der Waals surface area contributed by atoms with E-state index in [9.17, 15) is 4.79 Å². The average Bonchev–Trinajstić information content (AvgIpc) is 2.69. The highest BCUT2D eigenvalue weighted by atomic mass is 32.2. The Kier molecular flexibility index (Phi) is 4.71. The Hall–Kier alpha value is -2.66. The summed E-state index contributed by atoms with van der Waals surface area (Å²) in [5.41, 5.74) is 2.76. The average molecular weight is 361 g/mol. The third-order valence-electron chi connectivity index (χ3n) is 4.28. The van der Waals surface area contributed by atoms with E-state index in [0.29, 0.717) is 17.7 Å². The van der Waals surface area contributed by atoms with Crippen molar-refractivity contribution in [1.29, 1.82) is 0 Å². The molecule has 0 saturated carbocycles. The standard InChI is InChI=1S/C21H19N3OS/c1-2-13-24-20(25)17-8-4-6-10-19(17)23-21(24)26-14-16-12-11-15-7-3-5-9-18(15)22-16/h3-12H,2,13-14H2,1H3. The molecule has 2 aromatic heterocycles. The Morgan fingerprint density at radius 2 is 1.69 bits per heavy atom. The van der Waals surface area contributed by atoms with Gasteiger partial charge in [-0.2, -0.15) is 0 Å². The van der Waals surface area contributed by atoms with Gasteiger partial charge in [-0.1, -0.05) is 55.1 Å². The third kappa shape index (κ3) is 3.22. The van der Waals surface area contributed by atoms with Gasteiger partial charge in [-0.3, -0.25) is 14.3 Å². The van der Waals surface area contributed by atoms with Crippen molar-refractivity contribution in [2.75, 3.05) is 0 Å². The van der Waals surface area contributed by atoms with E-state index in [-0.39, 0.29) is 5.56 Å². The third-order valence-corrected chi connectivity index (χ3v) is 5.29. The molecule has 4 aromatic rings. The van der Waals surface area contributed by atoms with E-state index < -0.39 is 0 Å². The number of rotatable bonds is 5. The van der Waals surface area contributed by atoms with Crippen molar-refractivity contribution in [2.45, 2.75) is 30.8 Å². The molecule has 0 aliphatic rings. The van der Waals surface area contributed by atoms with Gasteiger partial charge in [0.05, 0.1) is 22.1 Å². The summed E-state index contributed by atoms with van der Waals surface area (Å²) in [6.07, 6.45) is 0.891. The molecular formula is C21H19N3OS. The van der Waals surface area contributed by atoms with E-state index in [1.54, 1.807) is 16.3 Å². The molecule has 2 aromatic carbocycles. The van der Waals surface area contributed by atoms with Gasteiger partial charge in [0.25, 0.3) is 5.56 Å². The molecular weight excluding hydrogens is 342 g/mol. The summed E-state index contributed by atoms with van der Waals surface area (Å²) in [5.74, 6) is 0.680. The Morgan fingerprint density at radius 3 is 2.54 bits per heavy atom. The fourth-order valence-electron chi connectivity index (χ4n) is 3.01. The maximum absolute atomic E-state index is 12.8. The van der Waals surface area contributed by atoms with Gasteiger partial charge in [-0.25, -0.2) is 4.98 Å². The summed E-state index contributed by atoms with van der Waals surface area (Å²) < 4.78 is 1.79. The van der Waals surface area contributed by atoms with Gasteiger partial charge in [0.15, 0.2) is 5.16 Å². The maximum atomic E-state index is 12.8. The number of para-hydroxylation sites is 2. The zero-order valence-electron chi connectivity index (χ0n) is 14.6. The molecule has 26 heavy (non-hydrogen) atoms. The lowest BCUT2D eigenvalue weighted by Gasteiger charge is -2.12. The highest BCUT2D eigenvalue weighted by Gasteiger charge is 2.11. The van der Waals surface area contributed by atoms with Crippen LogP contribution in [0, 0.1) is 0 Å². The van der Waals surface area contributed by atoms with Crippen LogP contribution >= 0.6 is 11.8 Å². The number of pyridine rings is 1. The van der Waals surface area contributed by atoms with Crippen molar-refractivity contribution in [3.8, 4) is 0 Å². The second kappa shape index (κ2) is 7.30. The molecule has 4 rings (SSSR count). The van der Waals surface area contributed by atoms with Gasteiger partial charge in [0.1, 0.15) is 0 Å². The van der Waals surface area contributed by atoms with Crippen molar-refractivity contribution in [3.63, 3.8) is 0 Å². The number of benzene rings is 2. The van der Waals surface area contributed by atoms with Gasteiger partial charge in [0.2, 0.25) is 0 Å². The first-order valence-electron chi connectivity index (χ1n) is 8.73. The summed E-state index contributed by atoms with van der Waals surface area (Å²) in [5, 5.41) is 2.56. The molecule has 0 spiro atoms. The molecule has 0 bridgehead atoms. The summed E-state index contributed by atoms with van der Waals surface area (Å²) in [4.78, 5) is 22.3. The lowest BCUT2D eigenvalue weighted by molar-refractivity contribution is 0.584. The fraction of sp³-hybridized carbons (Fsp3) is 0.190. The van der Waals surface area contributed by atoms with E-state index in [1.165, 1.54) is 0 Å². The highest BCUT2D eigenvalue weighted by Crippen LogP contribution is 2.23. The summed E-state index contributed by atoms with van der Waals surface area (Å²) >= 11 is 1.57. The molecule has 0 fully saturated rings. The Morgan fingerprint density at radius 1 is 0.923 bits per heavy atom. The number of thioether (sulfide) groups is 1. The monoisotopic (exact) mass is 361 g/mol. The second-order valence-electron chi connectivity index (χ2n) is 6.15. The SMILES string of the molecule is CCCn1c(SCc2ccc3ccccc3n2)nc2ccccc2c1=O. The van der Waals surface area contributed by atoms with E-state index in [0.717, 1.165) is 33.7 Å². The zero-order chi connectivity index (χ0) is 17.9. The molecule has 0 atom stereocenters. The van der Waals surface area contributed by atoms with Crippen LogP contribution in [0.5, 0.6) is 0 Å². The number of aromatic nitrogens is 3. The molecule has 0 unspecified atom stereocenters. The van der Waals surface area contributed by atoms with Crippen molar-refractivity contribution in [1.82, 2.24) is 14.5 Å². The predicted molar refractivity (Wildman–Crippen MR) is 108 cm³/mol. The molecule has 130 valence electrons. The quantitative estimate of drug-likeness (QED) is 0.383. The van der Waals surface area contributed by atoms with E-state index in [2.05, 4.69) is 19.1 Å². The van der Waals surface area contributed by atoms with Crippen LogP contribution in [0.15, 0.2) is 70.6 Å². The first kappa shape index (κ1) is 16.8. The van der Waals surface area contributed by atoms with E-state index >= 15 is 0 Å².